The maximum Gasteiger partial charge on any atom is 0.319 e. The molecule has 1 aromatic carbocycles. The van der Waals surface area contributed by atoms with Crippen LogP contribution in [0.5, 0.6) is 5.75 Å². The number of hydrogen-bond donors (Lipinski definition) is 2. The highest BCUT2D eigenvalue weighted by Gasteiger charge is 2.06. The number of imidazole rings is 1. The standard InChI is InChI=1S/C16H15ClN4O2/c1-23-14-4-2-3-12(7-14)20-16(22)18-8-13-10-21-9-11(17)5-6-15(21)19-13/h2-7,9-10H,8H2,1H3,(H2,18,20,22). The first-order valence-corrected chi connectivity index (χ1v) is 7.34. The highest BCUT2D eigenvalue weighted by molar-refractivity contribution is 6.30. The SMILES string of the molecule is COc1cccc(NC(=O)NCc2cn3cc(Cl)ccc3n2)c1. The van der Waals surface area contributed by atoms with Gasteiger partial charge in [0.2, 0.25) is 0 Å². The van der Waals surface area contributed by atoms with Gasteiger partial charge >= 0.3 is 6.03 Å². The van der Waals surface area contributed by atoms with E-state index in [0.717, 1.165) is 11.3 Å². The summed E-state index contributed by atoms with van der Waals surface area (Å²) in [5.41, 5.74) is 2.18. The summed E-state index contributed by atoms with van der Waals surface area (Å²) in [4.78, 5) is 16.3. The number of benzene rings is 1. The van der Waals surface area contributed by atoms with E-state index in [4.69, 9.17) is 16.3 Å². The minimum absolute atomic E-state index is 0.312. The average Bonchev–Trinajstić information content (AvgIpc) is 2.95. The zero-order valence-corrected chi connectivity index (χ0v) is 13.2. The number of carbonyl (C=O) groups excluding carboxylic acids is 1. The van der Waals surface area contributed by atoms with Gasteiger partial charge in [-0.15, -0.1) is 0 Å². The van der Waals surface area contributed by atoms with E-state index >= 15 is 0 Å². The number of nitrogens with one attached hydrogen (secondary N) is 2. The minimum Gasteiger partial charge on any atom is -0.497 e. The molecule has 3 rings (SSSR count). The summed E-state index contributed by atoms with van der Waals surface area (Å²) >= 11 is 5.93. The lowest BCUT2D eigenvalue weighted by Gasteiger charge is -2.07. The van der Waals surface area contributed by atoms with E-state index in [1.54, 1.807) is 37.6 Å². The van der Waals surface area contributed by atoms with Crippen LogP contribution in [0.3, 0.4) is 0 Å². The Balaban J connectivity index is 1.61. The van der Waals surface area contributed by atoms with E-state index in [1.807, 2.05) is 22.7 Å². The third-order valence-corrected chi connectivity index (χ3v) is 3.45. The van der Waals surface area contributed by atoms with Crippen molar-refractivity contribution in [3.8, 4) is 5.75 Å². The smallest absolute Gasteiger partial charge is 0.319 e. The van der Waals surface area contributed by atoms with Crippen molar-refractivity contribution in [2.24, 2.45) is 0 Å². The number of aromatic nitrogens is 2. The van der Waals surface area contributed by atoms with E-state index in [9.17, 15) is 4.79 Å². The number of halogens is 1. The molecule has 0 atom stereocenters. The van der Waals surface area contributed by atoms with Gasteiger partial charge in [0.25, 0.3) is 0 Å². The molecule has 0 spiro atoms. The fourth-order valence-electron chi connectivity index (χ4n) is 2.15. The topological polar surface area (TPSA) is 67.7 Å². The number of pyridine rings is 1. The van der Waals surface area contributed by atoms with Gasteiger partial charge in [-0.05, 0) is 24.3 Å². The van der Waals surface area contributed by atoms with Gasteiger partial charge in [0, 0.05) is 24.1 Å². The van der Waals surface area contributed by atoms with Gasteiger partial charge in [-0.3, -0.25) is 0 Å². The van der Waals surface area contributed by atoms with Crippen molar-refractivity contribution in [1.82, 2.24) is 14.7 Å². The first-order chi connectivity index (χ1) is 11.1. The summed E-state index contributed by atoms with van der Waals surface area (Å²) < 4.78 is 6.93. The number of rotatable bonds is 4. The summed E-state index contributed by atoms with van der Waals surface area (Å²) in [5, 5.41) is 6.13. The molecule has 0 radical (unpaired) electrons. The molecule has 0 aliphatic carbocycles. The van der Waals surface area contributed by atoms with Crippen LogP contribution in [0, 0.1) is 0 Å². The zero-order chi connectivity index (χ0) is 16.2. The Morgan fingerprint density at radius 1 is 1.30 bits per heavy atom. The molecule has 3 aromatic rings. The van der Waals surface area contributed by atoms with E-state index < -0.39 is 0 Å². The number of amides is 2. The monoisotopic (exact) mass is 330 g/mol. The molecule has 0 aliphatic heterocycles. The van der Waals surface area contributed by atoms with Crippen LogP contribution in [-0.2, 0) is 6.54 Å². The number of methoxy groups -OCH3 is 1. The molecule has 23 heavy (non-hydrogen) atoms. The van der Waals surface area contributed by atoms with Crippen LogP contribution >= 0.6 is 11.6 Å². The van der Waals surface area contributed by atoms with Crippen LogP contribution in [0.2, 0.25) is 5.02 Å². The van der Waals surface area contributed by atoms with Crippen molar-refractivity contribution < 1.29 is 9.53 Å². The summed E-state index contributed by atoms with van der Waals surface area (Å²) in [6.45, 7) is 0.315. The molecule has 118 valence electrons. The quantitative estimate of drug-likeness (QED) is 0.771. The molecule has 0 aliphatic rings. The number of anilines is 1. The van der Waals surface area contributed by atoms with Gasteiger partial charge in [-0.2, -0.15) is 0 Å². The normalized spacial score (nSPS) is 10.5. The van der Waals surface area contributed by atoms with Gasteiger partial charge in [0.05, 0.1) is 24.4 Å². The first-order valence-electron chi connectivity index (χ1n) is 6.96. The van der Waals surface area contributed by atoms with Gasteiger partial charge in [-0.25, -0.2) is 9.78 Å². The molecule has 0 bridgehead atoms. The first kappa shape index (κ1) is 15.2. The van der Waals surface area contributed by atoms with E-state index in [-0.39, 0.29) is 6.03 Å². The maximum atomic E-state index is 11.9. The molecule has 0 fully saturated rings. The molecule has 7 heteroatoms. The van der Waals surface area contributed by atoms with Crippen LogP contribution in [0.15, 0.2) is 48.8 Å². The van der Waals surface area contributed by atoms with Crippen LogP contribution < -0.4 is 15.4 Å². The predicted molar refractivity (Wildman–Crippen MR) is 89.1 cm³/mol. The lowest BCUT2D eigenvalue weighted by Crippen LogP contribution is -2.28. The van der Waals surface area contributed by atoms with Crippen molar-refractivity contribution in [1.29, 1.82) is 0 Å². The second kappa shape index (κ2) is 6.58. The molecular weight excluding hydrogens is 316 g/mol. The minimum atomic E-state index is -0.312. The summed E-state index contributed by atoms with van der Waals surface area (Å²) in [6, 6.07) is 10.4. The predicted octanol–water partition coefficient (Wildman–Crippen LogP) is 3.32. The summed E-state index contributed by atoms with van der Waals surface area (Å²) in [5.74, 6) is 0.681. The van der Waals surface area contributed by atoms with E-state index in [1.165, 1.54) is 0 Å². The third kappa shape index (κ3) is 3.73. The van der Waals surface area contributed by atoms with Crippen molar-refractivity contribution >= 4 is 29.0 Å². The second-order valence-corrected chi connectivity index (χ2v) is 5.32. The fraction of sp³-hybridized carbons (Fsp3) is 0.125. The van der Waals surface area contributed by atoms with Crippen molar-refractivity contribution in [2.45, 2.75) is 6.54 Å². The molecule has 0 unspecified atom stereocenters. The molecule has 2 heterocycles. The Morgan fingerprint density at radius 2 is 2.17 bits per heavy atom. The van der Waals surface area contributed by atoms with Gasteiger partial charge in [0.1, 0.15) is 11.4 Å². The third-order valence-electron chi connectivity index (χ3n) is 3.22. The highest BCUT2D eigenvalue weighted by Crippen LogP contribution is 2.16. The van der Waals surface area contributed by atoms with Crippen LogP contribution in [0.4, 0.5) is 10.5 Å². The molecule has 0 saturated heterocycles. The van der Waals surface area contributed by atoms with Crippen molar-refractivity contribution in [3.05, 3.63) is 59.5 Å². The summed E-state index contributed by atoms with van der Waals surface area (Å²) in [7, 11) is 1.58. The fourth-order valence-corrected chi connectivity index (χ4v) is 2.32. The number of nitrogens with zero attached hydrogens (tertiary/aromatic N) is 2. The van der Waals surface area contributed by atoms with Gasteiger partial charge in [0.15, 0.2) is 0 Å². The highest BCUT2D eigenvalue weighted by atomic mass is 35.5. The maximum absolute atomic E-state index is 11.9. The van der Waals surface area contributed by atoms with Crippen molar-refractivity contribution in [3.63, 3.8) is 0 Å². The largest absolute Gasteiger partial charge is 0.497 e. The molecule has 0 saturated carbocycles. The van der Waals surface area contributed by atoms with Crippen LogP contribution in [-0.4, -0.2) is 22.5 Å². The van der Waals surface area contributed by atoms with Gasteiger partial charge < -0.3 is 19.8 Å². The molecule has 2 amide bonds. The average molecular weight is 331 g/mol. The van der Waals surface area contributed by atoms with E-state index in [0.29, 0.717) is 23.0 Å². The van der Waals surface area contributed by atoms with E-state index in [2.05, 4.69) is 15.6 Å². The lowest BCUT2D eigenvalue weighted by molar-refractivity contribution is 0.251. The Labute approximate surface area is 138 Å². The Hall–Kier alpha value is -2.73. The molecular formula is C16H15ClN4O2. The molecule has 2 N–H and O–H groups in total. The van der Waals surface area contributed by atoms with Crippen molar-refractivity contribution in [2.75, 3.05) is 12.4 Å². The molecule has 6 nitrogen and oxygen atoms in total. The zero-order valence-electron chi connectivity index (χ0n) is 12.4. The Bertz CT molecular complexity index is 847. The Kier molecular flexibility index (Phi) is 4.34. The Morgan fingerprint density at radius 3 is 3.00 bits per heavy atom. The van der Waals surface area contributed by atoms with Gasteiger partial charge in [-0.1, -0.05) is 17.7 Å². The number of ether oxygens (including phenoxy) is 1. The summed E-state index contributed by atoms with van der Waals surface area (Å²) in [6.07, 6.45) is 3.59. The number of fused-ring (bicyclic) bond motifs is 1. The lowest BCUT2D eigenvalue weighted by atomic mass is 10.3. The second-order valence-electron chi connectivity index (χ2n) is 4.88. The van der Waals surface area contributed by atoms with Crippen LogP contribution in [0.1, 0.15) is 5.69 Å². The number of hydrogen-bond acceptors (Lipinski definition) is 3. The number of urea groups is 1. The van der Waals surface area contributed by atoms with Crippen LogP contribution in [0.25, 0.3) is 5.65 Å². The number of carbonyl (C=O) groups is 1. The molecule has 2 aromatic heterocycles.